The van der Waals surface area contributed by atoms with Crippen LogP contribution in [0.2, 0.25) is 0 Å². The molecule has 0 amide bonds. The zero-order chi connectivity index (χ0) is 11.5. The summed E-state index contributed by atoms with van der Waals surface area (Å²) in [6.07, 6.45) is 1.48. The van der Waals surface area contributed by atoms with E-state index >= 15 is 0 Å². The van der Waals surface area contributed by atoms with E-state index in [0.29, 0.717) is 18.8 Å². The van der Waals surface area contributed by atoms with E-state index in [-0.39, 0.29) is 10.4 Å². The number of imidazole rings is 1. The summed E-state index contributed by atoms with van der Waals surface area (Å²) in [5.41, 5.74) is 1.46. The summed E-state index contributed by atoms with van der Waals surface area (Å²) in [5.74, 6) is 0. The SMILES string of the molecule is Cn1c(S(=O)(=O)C2CC2)nc2c1CN(O)C2. The van der Waals surface area contributed by atoms with E-state index < -0.39 is 9.84 Å². The Morgan fingerprint density at radius 2 is 2.06 bits per heavy atom. The number of fused-ring (bicyclic) bond motifs is 1. The first-order chi connectivity index (χ1) is 7.50. The van der Waals surface area contributed by atoms with Crippen LogP contribution in [0.15, 0.2) is 5.16 Å². The maximum absolute atomic E-state index is 12.0. The molecule has 1 aromatic heterocycles. The monoisotopic (exact) mass is 243 g/mol. The minimum atomic E-state index is -3.24. The van der Waals surface area contributed by atoms with Crippen molar-refractivity contribution in [3.63, 3.8) is 0 Å². The van der Waals surface area contributed by atoms with Crippen LogP contribution in [0.25, 0.3) is 0 Å². The summed E-state index contributed by atoms with van der Waals surface area (Å²) >= 11 is 0. The van der Waals surface area contributed by atoms with Gasteiger partial charge in [-0.1, -0.05) is 0 Å². The molecule has 1 N–H and O–H groups in total. The molecule has 16 heavy (non-hydrogen) atoms. The average molecular weight is 243 g/mol. The Labute approximate surface area is 93.4 Å². The Morgan fingerprint density at radius 1 is 1.38 bits per heavy atom. The van der Waals surface area contributed by atoms with Gasteiger partial charge in [0.2, 0.25) is 15.0 Å². The van der Waals surface area contributed by atoms with E-state index in [1.807, 2.05) is 0 Å². The van der Waals surface area contributed by atoms with Gasteiger partial charge >= 0.3 is 0 Å². The van der Waals surface area contributed by atoms with Crippen molar-refractivity contribution in [3.05, 3.63) is 11.4 Å². The Bertz CT molecular complexity index is 545. The van der Waals surface area contributed by atoms with Crippen LogP contribution in [0.5, 0.6) is 0 Å². The molecule has 0 radical (unpaired) electrons. The van der Waals surface area contributed by atoms with Crippen molar-refractivity contribution < 1.29 is 13.6 Å². The fraction of sp³-hybridized carbons (Fsp3) is 0.667. The van der Waals surface area contributed by atoms with Gasteiger partial charge in [-0.25, -0.2) is 13.4 Å². The molecule has 88 valence electrons. The molecule has 7 heteroatoms. The van der Waals surface area contributed by atoms with E-state index in [1.165, 1.54) is 0 Å². The minimum Gasteiger partial charge on any atom is -0.320 e. The highest BCUT2D eigenvalue weighted by molar-refractivity contribution is 7.92. The van der Waals surface area contributed by atoms with Gasteiger partial charge in [-0.05, 0) is 12.8 Å². The fourth-order valence-corrected chi connectivity index (χ4v) is 3.86. The van der Waals surface area contributed by atoms with Gasteiger partial charge in [-0.3, -0.25) is 0 Å². The number of aromatic nitrogens is 2. The van der Waals surface area contributed by atoms with Crippen LogP contribution < -0.4 is 0 Å². The van der Waals surface area contributed by atoms with Crippen molar-refractivity contribution in [3.8, 4) is 0 Å². The predicted octanol–water partition coefficient (Wildman–Crippen LogP) is 0.0610. The average Bonchev–Trinajstić information content (AvgIpc) is 2.93. The molecule has 1 aromatic rings. The second-order valence-corrected chi connectivity index (χ2v) is 6.54. The Kier molecular flexibility index (Phi) is 1.96. The van der Waals surface area contributed by atoms with Crippen molar-refractivity contribution in [2.24, 2.45) is 7.05 Å². The van der Waals surface area contributed by atoms with Gasteiger partial charge < -0.3 is 9.77 Å². The molecule has 2 heterocycles. The molecular formula is C9H13N3O3S. The van der Waals surface area contributed by atoms with E-state index in [2.05, 4.69) is 4.98 Å². The molecule has 0 saturated heterocycles. The second kappa shape index (κ2) is 3.06. The highest BCUT2D eigenvalue weighted by Gasteiger charge is 2.41. The zero-order valence-corrected chi connectivity index (χ0v) is 9.74. The number of rotatable bonds is 2. The molecule has 3 rings (SSSR count). The molecule has 1 fully saturated rings. The summed E-state index contributed by atoms with van der Waals surface area (Å²) in [6.45, 7) is 0.655. The third-order valence-electron chi connectivity index (χ3n) is 3.14. The van der Waals surface area contributed by atoms with Gasteiger partial charge in [0, 0.05) is 7.05 Å². The standard InChI is InChI=1S/C9H13N3O3S/c1-11-8-5-12(13)4-7(8)10-9(11)16(14,15)6-2-3-6/h6,13H,2-5H2,1H3. The van der Waals surface area contributed by atoms with Gasteiger partial charge in [-0.2, -0.15) is 5.06 Å². The minimum absolute atomic E-state index is 0.160. The molecular weight excluding hydrogens is 230 g/mol. The molecule has 0 atom stereocenters. The van der Waals surface area contributed by atoms with Gasteiger partial charge in [0.05, 0.1) is 29.7 Å². The molecule has 2 aliphatic rings. The van der Waals surface area contributed by atoms with Crippen molar-refractivity contribution in [2.75, 3.05) is 0 Å². The van der Waals surface area contributed by atoms with Crippen molar-refractivity contribution in [1.82, 2.24) is 14.6 Å². The van der Waals surface area contributed by atoms with Crippen LogP contribution in [-0.2, 0) is 30.0 Å². The molecule has 0 bridgehead atoms. The molecule has 0 unspecified atom stereocenters. The van der Waals surface area contributed by atoms with Crippen LogP contribution in [0, 0.1) is 0 Å². The lowest BCUT2D eigenvalue weighted by Crippen LogP contribution is -2.17. The normalized spacial score (nSPS) is 21.4. The first-order valence-corrected chi connectivity index (χ1v) is 6.77. The second-order valence-electron chi connectivity index (χ2n) is 4.41. The first-order valence-electron chi connectivity index (χ1n) is 5.22. The van der Waals surface area contributed by atoms with Crippen LogP contribution in [0.1, 0.15) is 24.2 Å². The van der Waals surface area contributed by atoms with Crippen molar-refractivity contribution >= 4 is 9.84 Å². The zero-order valence-electron chi connectivity index (χ0n) is 8.92. The summed E-state index contributed by atoms with van der Waals surface area (Å²) in [7, 11) is -1.55. The Hall–Kier alpha value is -0.920. The third-order valence-corrected chi connectivity index (χ3v) is 5.36. The smallest absolute Gasteiger partial charge is 0.228 e. The van der Waals surface area contributed by atoms with Crippen LogP contribution >= 0.6 is 0 Å². The van der Waals surface area contributed by atoms with Gasteiger partial charge in [0.15, 0.2) is 0 Å². The van der Waals surface area contributed by atoms with Crippen LogP contribution in [0.4, 0.5) is 0 Å². The predicted molar refractivity (Wildman–Crippen MR) is 54.4 cm³/mol. The molecule has 0 spiro atoms. The van der Waals surface area contributed by atoms with Gasteiger partial charge in [-0.15, -0.1) is 0 Å². The maximum atomic E-state index is 12.0. The maximum Gasteiger partial charge on any atom is 0.228 e. The van der Waals surface area contributed by atoms with E-state index in [4.69, 9.17) is 0 Å². The first kappa shape index (κ1) is 10.2. The number of hydrogen-bond acceptors (Lipinski definition) is 5. The lowest BCUT2D eigenvalue weighted by atomic mass is 10.4. The quantitative estimate of drug-likeness (QED) is 0.795. The van der Waals surface area contributed by atoms with E-state index in [0.717, 1.165) is 23.6 Å². The van der Waals surface area contributed by atoms with E-state index in [9.17, 15) is 13.6 Å². The van der Waals surface area contributed by atoms with Gasteiger partial charge in [0.1, 0.15) is 0 Å². The summed E-state index contributed by atoms with van der Waals surface area (Å²) < 4.78 is 25.7. The number of hydroxylamine groups is 2. The Balaban J connectivity index is 2.08. The van der Waals surface area contributed by atoms with Crippen molar-refractivity contribution in [2.45, 2.75) is 36.3 Å². The summed E-state index contributed by atoms with van der Waals surface area (Å²) in [4.78, 5) is 4.15. The third kappa shape index (κ3) is 1.32. The highest BCUT2D eigenvalue weighted by Crippen LogP contribution is 2.34. The van der Waals surface area contributed by atoms with Crippen molar-refractivity contribution in [1.29, 1.82) is 0 Å². The van der Waals surface area contributed by atoms with Crippen LogP contribution in [-0.4, -0.2) is 33.5 Å². The van der Waals surface area contributed by atoms with Gasteiger partial charge in [0.25, 0.3) is 0 Å². The highest BCUT2D eigenvalue weighted by atomic mass is 32.2. The van der Waals surface area contributed by atoms with Crippen LogP contribution in [0.3, 0.4) is 0 Å². The molecule has 0 aromatic carbocycles. The molecule has 6 nitrogen and oxygen atoms in total. The number of sulfone groups is 1. The topological polar surface area (TPSA) is 75.4 Å². The van der Waals surface area contributed by atoms with E-state index in [1.54, 1.807) is 11.6 Å². The Morgan fingerprint density at radius 3 is 2.62 bits per heavy atom. The molecule has 1 aliphatic carbocycles. The number of hydrogen-bond donors (Lipinski definition) is 1. The molecule has 1 saturated carbocycles. The molecule has 1 aliphatic heterocycles. The summed E-state index contributed by atoms with van der Waals surface area (Å²) in [5, 5.41) is 10.4. The lowest BCUT2D eigenvalue weighted by Gasteiger charge is -2.07. The lowest BCUT2D eigenvalue weighted by molar-refractivity contribution is -0.0988. The fourth-order valence-electron chi connectivity index (χ4n) is 2.07. The largest absolute Gasteiger partial charge is 0.320 e. The number of nitrogens with zero attached hydrogens (tertiary/aromatic N) is 3. The summed E-state index contributed by atoms with van der Waals surface area (Å²) in [6, 6.07) is 0.